The Morgan fingerprint density at radius 2 is 1.90 bits per heavy atom. The second kappa shape index (κ2) is 7.16. The highest BCUT2D eigenvalue weighted by Crippen LogP contribution is 2.42. The van der Waals surface area contributed by atoms with Crippen molar-refractivity contribution >= 4 is 11.7 Å². The summed E-state index contributed by atoms with van der Waals surface area (Å²) < 4.78 is 50.6. The fraction of sp³-hybridized carbons (Fsp3) is 0.200. The molecule has 29 heavy (non-hydrogen) atoms. The van der Waals surface area contributed by atoms with Gasteiger partial charge >= 0.3 is 6.18 Å². The van der Waals surface area contributed by atoms with E-state index in [4.69, 9.17) is 9.47 Å². The summed E-state index contributed by atoms with van der Waals surface area (Å²) in [4.78, 5) is 12.0. The van der Waals surface area contributed by atoms with Crippen LogP contribution in [0.5, 0.6) is 17.2 Å². The van der Waals surface area contributed by atoms with Crippen LogP contribution < -0.4 is 14.8 Å². The Bertz CT molecular complexity index is 1060. The molecule has 1 aliphatic heterocycles. The van der Waals surface area contributed by atoms with Crippen molar-refractivity contribution in [2.75, 3.05) is 12.4 Å². The van der Waals surface area contributed by atoms with Crippen LogP contribution in [0.15, 0.2) is 48.7 Å². The summed E-state index contributed by atoms with van der Waals surface area (Å²) in [7, 11) is 1.40. The van der Waals surface area contributed by atoms with Crippen molar-refractivity contribution < 1.29 is 27.4 Å². The van der Waals surface area contributed by atoms with Crippen LogP contribution in [0.2, 0.25) is 0 Å². The molecule has 1 unspecified atom stereocenters. The number of ether oxygens (including phenoxy) is 2. The van der Waals surface area contributed by atoms with Crippen molar-refractivity contribution in [3.05, 3.63) is 65.4 Å². The van der Waals surface area contributed by atoms with Gasteiger partial charge in [0.25, 0.3) is 0 Å². The number of hydrogen-bond acceptors (Lipinski definition) is 4. The summed E-state index contributed by atoms with van der Waals surface area (Å²) in [6, 6.07) is 9.86. The van der Waals surface area contributed by atoms with E-state index in [-0.39, 0.29) is 35.5 Å². The first-order valence-corrected chi connectivity index (χ1v) is 8.72. The van der Waals surface area contributed by atoms with Crippen molar-refractivity contribution in [1.82, 2.24) is 10.2 Å². The minimum absolute atomic E-state index is 0.139. The molecule has 0 radical (unpaired) electrons. The molecule has 0 fully saturated rings. The van der Waals surface area contributed by atoms with Gasteiger partial charge in [0.1, 0.15) is 11.6 Å². The molecule has 150 valence electrons. The number of nitrogens with one attached hydrogen (secondary N) is 2. The zero-order chi connectivity index (χ0) is 20.6. The maximum absolute atomic E-state index is 13.2. The Balaban J connectivity index is 1.69. The number of fused-ring (bicyclic) bond motifs is 1. The number of methoxy groups -OCH3 is 1. The quantitative estimate of drug-likeness (QED) is 0.662. The van der Waals surface area contributed by atoms with Crippen molar-refractivity contribution in [1.29, 1.82) is 0 Å². The molecule has 1 aromatic heterocycles. The first-order valence-electron chi connectivity index (χ1n) is 8.72. The van der Waals surface area contributed by atoms with Gasteiger partial charge in [0.15, 0.2) is 11.5 Å². The van der Waals surface area contributed by atoms with Crippen LogP contribution in [0.25, 0.3) is 0 Å². The molecule has 2 aromatic carbocycles. The lowest BCUT2D eigenvalue weighted by Gasteiger charge is -2.23. The van der Waals surface area contributed by atoms with Gasteiger partial charge in [-0.2, -0.15) is 18.3 Å². The van der Waals surface area contributed by atoms with E-state index < -0.39 is 11.7 Å². The molecule has 4 rings (SSSR count). The molecule has 1 amide bonds. The smallest absolute Gasteiger partial charge is 0.419 e. The number of nitrogens with zero attached hydrogens (tertiary/aromatic N) is 1. The van der Waals surface area contributed by atoms with Gasteiger partial charge in [-0.05, 0) is 29.8 Å². The summed E-state index contributed by atoms with van der Waals surface area (Å²) in [6.07, 6.45) is -2.69. The fourth-order valence-electron chi connectivity index (χ4n) is 3.34. The van der Waals surface area contributed by atoms with Crippen LogP contribution in [0.4, 0.5) is 19.0 Å². The molecule has 0 aliphatic carbocycles. The lowest BCUT2D eigenvalue weighted by atomic mass is 9.87. The Hall–Kier alpha value is -3.49. The topological polar surface area (TPSA) is 76.2 Å². The first-order chi connectivity index (χ1) is 13.9. The summed E-state index contributed by atoms with van der Waals surface area (Å²) in [5.41, 5.74) is 0.705. The molecule has 9 heteroatoms. The third-order valence-electron chi connectivity index (χ3n) is 4.70. The zero-order valence-corrected chi connectivity index (χ0v) is 15.2. The van der Waals surface area contributed by atoms with Crippen molar-refractivity contribution in [2.24, 2.45) is 0 Å². The van der Waals surface area contributed by atoms with Gasteiger partial charge in [-0.25, -0.2) is 0 Å². The van der Waals surface area contributed by atoms with E-state index in [1.54, 1.807) is 18.3 Å². The molecule has 1 atom stereocenters. The second-order valence-electron chi connectivity index (χ2n) is 6.51. The molecule has 2 heterocycles. The average molecular weight is 403 g/mol. The number of aromatic amines is 1. The van der Waals surface area contributed by atoms with Crippen LogP contribution in [0, 0.1) is 0 Å². The van der Waals surface area contributed by atoms with Crippen molar-refractivity contribution in [3.8, 4) is 17.2 Å². The Kier molecular flexibility index (Phi) is 4.65. The highest BCUT2D eigenvalue weighted by molar-refractivity contribution is 5.94. The molecule has 1 aliphatic rings. The number of alkyl halides is 3. The molecular formula is C20H16F3N3O3. The van der Waals surface area contributed by atoms with Crippen LogP contribution in [-0.4, -0.2) is 23.2 Å². The normalized spacial score (nSPS) is 16.1. The van der Waals surface area contributed by atoms with Crippen LogP contribution in [0.1, 0.15) is 29.0 Å². The van der Waals surface area contributed by atoms with Gasteiger partial charge in [0.05, 0.1) is 18.9 Å². The van der Waals surface area contributed by atoms with E-state index in [9.17, 15) is 18.0 Å². The van der Waals surface area contributed by atoms with Gasteiger partial charge in [-0.1, -0.05) is 18.2 Å². The predicted molar refractivity (Wildman–Crippen MR) is 98.2 cm³/mol. The minimum Gasteiger partial charge on any atom is -0.493 e. The number of hydrogen-bond donors (Lipinski definition) is 2. The lowest BCUT2D eigenvalue weighted by molar-refractivity contribution is -0.138. The van der Waals surface area contributed by atoms with E-state index in [1.807, 2.05) is 0 Å². The number of H-pyrrole nitrogens is 1. The number of amides is 1. The molecule has 0 spiro atoms. The van der Waals surface area contributed by atoms with Gasteiger partial charge < -0.3 is 14.8 Å². The second-order valence-corrected chi connectivity index (χ2v) is 6.51. The summed E-state index contributed by atoms with van der Waals surface area (Å²) in [5.74, 6) is 0.189. The van der Waals surface area contributed by atoms with E-state index in [0.29, 0.717) is 5.82 Å². The monoisotopic (exact) mass is 403 g/mol. The fourth-order valence-corrected chi connectivity index (χ4v) is 3.34. The predicted octanol–water partition coefficient (Wildman–Crippen LogP) is 4.70. The van der Waals surface area contributed by atoms with Gasteiger partial charge in [-0.15, -0.1) is 0 Å². The summed E-state index contributed by atoms with van der Waals surface area (Å²) in [5, 5.41) is 9.41. The first kappa shape index (κ1) is 18.9. The molecule has 6 nitrogen and oxygen atoms in total. The standard InChI is InChI=1S/C20H16F3N3O3/c1-28-17-8-11(12-9-18(27)25-19-13(12)10-24-26-19)6-7-16(17)29-15-5-3-2-4-14(15)20(21,22)23/h2-8,10,12H,9H2,1H3,(H2,24,25,26,27). The number of anilines is 1. The highest BCUT2D eigenvalue weighted by Gasteiger charge is 2.34. The maximum atomic E-state index is 13.2. The van der Waals surface area contributed by atoms with Crippen LogP contribution in [-0.2, 0) is 11.0 Å². The molecule has 0 saturated carbocycles. The highest BCUT2D eigenvalue weighted by atomic mass is 19.4. The summed E-state index contributed by atoms with van der Waals surface area (Å²) in [6.45, 7) is 0. The van der Waals surface area contributed by atoms with Gasteiger partial charge in [0.2, 0.25) is 5.91 Å². The number of carbonyl (C=O) groups excluding carboxylic acids is 1. The van der Waals surface area contributed by atoms with Crippen LogP contribution >= 0.6 is 0 Å². The molecular weight excluding hydrogens is 387 g/mol. The third-order valence-corrected chi connectivity index (χ3v) is 4.70. The Morgan fingerprint density at radius 1 is 1.10 bits per heavy atom. The average Bonchev–Trinajstić information content (AvgIpc) is 3.15. The third kappa shape index (κ3) is 3.63. The lowest BCUT2D eigenvalue weighted by Crippen LogP contribution is -2.23. The number of rotatable bonds is 4. The van der Waals surface area contributed by atoms with E-state index in [1.165, 1.54) is 31.4 Å². The largest absolute Gasteiger partial charge is 0.493 e. The molecule has 3 aromatic rings. The number of para-hydroxylation sites is 1. The van der Waals surface area contributed by atoms with E-state index in [2.05, 4.69) is 15.5 Å². The number of benzene rings is 2. The molecule has 0 saturated heterocycles. The van der Waals surface area contributed by atoms with Crippen LogP contribution in [0.3, 0.4) is 0 Å². The van der Waals surface area contributed by atoms with E-state index in [0.717, 1.165) is 17.2 Å². The molecule has 0 bridgehead atoms. The minimum atomic E-state index is -4.54. The van der Waals surface area contributed by atoms with Crippen molar-refractivity contribution in [2.45, 2.75) is 18.5 Å². The van der Waals surface area contributed by atoms with Crippen molar-refractivity contribution in [3.63, 3.8) is 0 Å². The van der Waals surface area contributed by atoms with Gasteiger partial charge in [0, 0.05) is 17.9 Å². The maximum Gasteiger partial charge on any atom is 0.419 e. The van der Waals surface area contributed by atoms with E-state index >= 15 is 0 Å². The Labute approximate surface area is 163 Å². The Morgan fingerprint density at radius 3 is 2.66 bits per heavy atom. The SMILES string of the molecule is COc1cc(C2CC(=O)Nc3[nH]ncc32)ccc1Oc1ccccc1C(F)(F)F. The number of aromatic nitrogens is 2. The van der Waals surface area contributed by atoms with Gasteiger partial charge in [-0.3, -0.25) is 9.89 Å². The number of carbonyl (C=O) groups is 1. The zero-order valence-electron chi connectivity index (χ0n) is 15.2. The number of halogens is 3. The molecule has 2 N–H and O–H groups in total. The summed E-state index contributed by atoms with van der Waals surface area (Å²) >= 11 is 0.